The van der Waals surface area contributed by atoms with Crippen molar-refractivity contribution in [2.75, 3.05) is 5.32 Å². The van der Waals surface area contributed by atoms with Gasteiger partial charge >= 0.3 is 0 Å². The first-order chi connectivity index (χ1) is 12.9. The summed E-state index contributed by atoms with van der Waals surface area (Å²) in [6.45, 7) is 0. The van der Waals surface area contributed by atoms with Gasteiger partial charge in [0.25, 0.3) is 11.6 Å². The average molecular weight is 402 g/mol. The SMILES string of the molecule is O=C(NC(=S)Nc1cccc([N+](=O)[O-])c1)c1ccc(-c2ccccc2Cl)o1. The van der Waals surface area contributed by atoms with Crippen LogP contribution < -0.4 is 10.6 Å². The van der Waals surface area contributed by atoms with E-state index in [1.807, 2.05) is 6.07 Å². The van der Waals surface area contributed by atoms with Crippen molar-refractivity contribution in [3.8, 4) is 11.3 Å². The van der Waals surface area contributed by atoms with Crippen LogP contribution in [0.1, 0.15) is 10.6 Å². The molecule has 2 aromatic carbocycles. The van der Waals surface area contributed by atoms with E-state index in [0.29, 0.717) is 22.0 Å². The van der Waals surface area contributed by atoms with Gasteiger partial charge in [0.2, 0.25) is 0 Å². The fourth-order valence-electron chi connectivity index (χ4n) is 2.29. The first-order valence-corrected chi connectivity index (χ1v) is 8.44. The van der Waals surface area contributed by atoms with Gasteiger partial charge in [0.1, 0.15) is 5.76 Å². The molecule has 0 fully saturated rings. The molecular formula is C18H12ClN3O4S. The van der Waals surface area contributed by atoms with Gasteiger partial charge in [-0.25, -0.2) is 0 Å². The molecule has 0 bridgehead atoms. The van der Waals surface area contributed by atoms with Crippen LogP contribution in [0.4, 0.5) is 11.4 Å². The molecule has 1 aromatic heterocycles. The number of anilines is 1. The molecule has 0 radical (unpaired) electrons. The highest BCUT2D eigenvalue weighted by atomic mass is 35.5. The number of non-ortho nitro benzene ring substituents is 1. The Bertz CT molecular complexity index is 1030. The molecule has 2 N–H and O–H groups in total. The fraction of sp³-hybridized carbons (Fsp3) is 0. The molecule has 1 heterocycles. The van der Waals surface area contributed by atoms with Crippen LogP contribution in [0.2, 0.25) is 5.02 Å². The Labute approximate surface area is 164 Å². The van der Waals surface area contributed by atoms with Crippen LogP contribution in [-0.2, 0) is 0 Å². The number of nitrogens with one attached hydrogen (secondary N) is 2. The van der Waals surface area contributed by atoms with Crippen LogP contribution in [0.5, 0.6) is 0 Å². The van der Waals surface area contributed by atoms with Crippen molar-refractivity contribution >= 4 is 46.2 Å². The molecule has 0 saturated heterocycles. The summed E-state index contributed by atoms with van der Waals surface area (Å²) in [4.78, 5) is 22.6. The number of halogens is 1. The smallest absolute Gasteiger partial charge is 0.293 e. The fourth-order valence-corrected chi connectivity index (χ4v) is 2.73. The Kier molecular flexibility index (Phi) is 5.49. The van der Waals surface area contributed by atoms with E-state index in [1.165, 1.54) is 24.3 Å². The van der Waals surface area contributed by atoms with E-state index in [1.54, 1.807) is 30.3 Å². The van der Waals surface area contributed by atoms with Crippen molar-refractivity contribution in [1.29, 1.82) is 0 Å². The Balaban J connectivity index is 1.67. The van der Waals surface area contributed by atoms with Gasteiger partial charge in [0.05, 0.1) is 9.95 Å². The lowest BCUT2D eigenvalue weighted by atomic mass is 10.2. The van der Waals surface area contributed by atoms with Crippen LogP contribution in [0.15, 0.2) is 65.1 Å². The van der Waals surface area contributed by atoms with Gasteiger partial charge in [-0.2, -0.15) is 0 Å². The van der Waals surface area contributed by atoms with Crippen molar-refractivity contribution in [3.63, 3.8) is 0 Å². The zero-order valence-electron chi connectivity index (χ0n) is 13.6. The van der Waals surface area contributed by atoms with Gasteiger partial charge in [-0.3, -0.25) is 20.2 Å². The van der Waals surface area contributed by atoms with E-state index in [2.05, 4.69) is 10.6 Å². The van der Waals surface area contributed by atoms with Gasteiger partial charge in [-0.15, -0.1) is 0 Å². The second-order valence-corrected chi connectivity index (χ2v) is 6.17. The summed E-state index contributed by atoms with van der Waals surface area (Å²) in [7, 11) is 0. The van der Waals surface area contributed by atoms with Gasteiger partial charge in [0, 0.05) is 23.4 Å². The minimum absolute atomic E-state index is 0.0174. The Morgan fingerprint density at radius 1 is 1.11 bits per heavy atom. The molecule has 0 saturated carbocycles. The third-order valence-corrected chi connectivity index (χ3v) is 4.04. The van der Waals surface area contributed by atoms with E-state index in [9.17, 15) is 14.9 Å². The maximum absolute atomic E-state index is 12.3. The van der Waals surface area contributed by atoms with Crippen LogP contribution in [-0.4, -0.2) is 15.9 Å². The molecule has 0 aliphatic carbocycles. The highest BCUT2D eigenvalue weighted by molar-refractivity contribution is 7.80. The third kappa shape index (κ3) is 4.49. The second-order valence-electron chi connectivity index (χ2n) is 5.36. The normalized spacial score (nSPS) is 10.3. The molecule has 27 heavy (non-hydrogen) atoms. The molecular weight excluding hydrogens is 390 g/mol. The van der Waals surface area contributed by atoms with E-state index in [4.69, 9.17) is 28.2 Å². The maximum Gasteiger partial charge on any atom is 0.293 e. The van der Waals surface area contributed by atoms with Gasteiger partial charge in [-0.1, -0.05) is 29.8 Å². The van der Waals surface area contributed by atoms with Crippen molar-refractivity contribution in [3.05, 3.63) is 81.6 Å². The number of rotatable bonds is 4. The molecule has 9 heteroatoms. The van der Waals surface area contributed by atoms with Crippen molar-refractivity contribution in [2.45, 2.75) is 0 Å². The average Bonchev–Trinajstić information content (AvgIpc) is 3.12. The number of carbonyl (C=O) groups excluding carboxylic acids is 1. The third-order valence-electron chi connectivity index (χ3n) is 3.51. The van der Waals surface area contributed by atoms with E-state index in [0.717, 1.165) is 0 Å². The molecule has 7 nitrogen and oxygen atoms in total. The van der Waals surface area contributed by atoms with E-state index >= 15 is 0 Å². The lowest BCUT2D eigenvalue weighted by Crippen LogP contribution is -2.33. The largest absolute Gasteiger partial charge is 0.451 e. The standard InChI is InChI=1S/C18H12ClN3O4S/c19-14-7-2-1-6-13(14)15-8-9-16(26-15)17(23)21-18(27)20-11-4-3-5-12(10-11)22(24)25/h1-10H,(H2,20,21,23,27). The number of thiocarbonyl (C=S) groups is 1. The zero-order valence-corrected chi connectivity index (χ0v) is 15.2. The van der Waals surface area contributed by atoms with Gasteiger partial charge < -0.3 is 9.73 Å². The number of amides is 1. The van der Waals surface area contributed by atoms with Crippen molar-refractivity contribution < 1.29 is 14.1 Å². The van der Waals surface area contributed by atoms with E-state index in [-0.39, 0.29) is 16.6 Å². The summed E-state index contributed by atoms with van der Waals surface area (Å²) in [6, 6.07) is 16.0. The van der Waals surface area contributed by atoms with Crippen LogP contribution >= 0.6 is 23.8 Å². The first-order valence-electron chi connectivity index (χ1n) is 7.65. The Morgan fingerprint density at radius 3 is 2.63 bits per heavy atom. The van der Waals surface area contributed by atoms with Crippen molar-refractivity contribution in [2.24, 2.45) is 0 Å². The minimum atomic E-state index is -0.559. The zero-order chi connectivity index (χ0) is 19.4. The number of carbonyl (C=O) groups is 1. The lowest BCUT2D eigenvalue weighted by Gasteiger charge is -2.08. The topological polar surface area (TPSA) is 97.4 Å². The van der Waals surface area contributed by atoms with Gasteiger partial charge in [0.15, 0.2) is 10.9 Å². The van der Waals surface area contributed by atoms with E-state index < -0.39 is 10.8 Å². The summed E-state index contributed by atoms with van der Waals surface area (Å²) in [5.74, 6) is -0.0624. The number of hydrogen-bond acceptors (Lipinski definition) is 5. The number of hydrogen-bond donors (Lipinski definition) is 2. The predicted molar refractivity (Wildman–Crippen MR) is 106 cm³/mol. The molecule has 0 spiro atoms. The summed E-state index contributed by atoms with van der Waals surface area (Å²) >= 11 is 11.2. The highest BCUT2D eigenvalue weighted by Crippen LogP contribution is 2.29. The van der Waals surface area contributed by atoms with Crippen LogP contribution in [0.3, 0.4) is 0 Å². The maximum atomic E-state index is 12.3. The quantitative estimate of drug-likeness (QED) is 0.375. The Morgan fingerprint density at radius 2 is 1.89 bits per heavy atom. The van der Waals surface area contributed by atoms with Crippen LogP contribution in [0.25, 0.3) is 11.3 Å². The number of nitrogens with zero attached hydrogens (tertiary/aromatic N) is 1. The second kappa shape index (κ2) is 7.98. The van der Waals surface area contributed by atoms with Crippen molar-refractivity contribution in [1.82, 2.24) is 5.32 Å². The molecule has 0 unspecified atom stereocenters. The number of nitro benzene ring substituents is 1. The predicted octanol–water partition coefficient (Wildman–Crippen LogP) is 4.64. The number of benzene rings is 2. The summed E-state index contributed by atoms with van der Waals surface area (Å²) in [5.41, 5.74) is 0.950. The molecule has 3 aromatic rings. The number of nitro groups is 1. The lowest BCUT2D eigenvalue weighted by molar-refractivity contribution is -0.384. The molecule has 136 valence electrons. The minimum Gasteiger partial charge on any atom is -0.451 e. The van der Waals surface area contributed by atoms with Gasteiger partial charge in [-0.05, 0) is 42.5 Å². The monoisotopic (exact) mass is 401 g/mol. The number of furan rings is 1. The molecule has 1 amide bonds. The highest BCUT2D eigenvalue weighted by Gasteiger charge is 2.15. The molecule has 0 atom stereocenters. The molecule has 3 rings (SSSR count). The Hall–Kier alpha value is -3.23. The molecule has 0 aliphatic heterocycles. The summed E-state index contributed by atoms with van der Waals surface area (Å²) < 4.78 is 5.54. The summed E-state index contributed by atoms with van der Waals surface area (Å²) in [5, 5.41) is 16.5. The van der Waals surface area contributed by atoms with Crippen LogP contribution in [0, 0.1) is 10.1 Å². The molecule has 0 aliphatic rings. The summed E-state index contributed by atoms with van der Waals surface area (Å²) in [6.07, 6.45) is 0. The first kappa shape index (κ1) is 18.6.